The maximum absolute atomic E-state index is 14.0. The van der Waals surface area contributed by atoms with Crippen LogP contribution in [-0.2, 0) is 25.4 Å². The van der Waals surface area contributed by atoms with Crippen molar-refractivity contribution in [1.29, 1.82) is 0 Å². The number of aromatic amines is 1. The van der Waals surface area contributed by atoms with E-state index in [0.29, 0.717) is 28.2 Å². The topological polar surface area (TPSA) is 161 Å². The van der Waals surface area contributed by atoms with Gasteiger partial charge in [-0.05, 0) is 53.8 Å². The van der Waals surface area contributed by atoms with Crippen LogP contribution in [0.25, 0.3) is 0 Å². The predicted molar refractivity (Wildman–Crippen MR) is 178 cm³/mol. The zero-order valence-corrected chi connectivity index (χ0v) is 27.9. The first-order valence-electron chi connectivity index (χ1n) is 15.9. The molecular weight excluding hydrogens is 675 g/mol. The van der Waals surface area contributed by atoms with Gasteiger partial charge in [0.05, 0.1) is 25.7 Å². The standard InChI is InChI=1S/C36H38F3N3O9/c1-48-25-15-11-23(12-16-25)34(22-8-5-4-6-9-22,24-13-17-26(49-2)18-14-24)35(42-21-19-28(44)41-33(42)47)31(50-3)29(45)30(51-35)27(43)10-7-20-40-32(46)36(37,38)39/h4-6,8-9,11-19,21,27,29-31,43,45H,7,10,20H2,1-3H3,(H,40,46)(H,41,44,47)/t27?,29-,30-,31-,35+/m1/s1. The summed E-state index contributed by atoms with van der Waals surface area (Å²) in [5.41, 5.74) is -3.87. The minimum absolute atomic E-state index is 0.125. The van der Waals surface area contributed by atoms with Crippen molar-refractivity contribution < 1.29 is 47.1 Å². The molecule has 1 fully saturated rings. The number of aliphatic hydroxyl groups excluding tert-OH is 2. The summed E-state index contributed by atoms with van der Waals surface area (Å²) in [7, 11) is 4.30. The van der Waals surface area contributed by atoms with Crippen LogP contribution in [0.2, 0.25) is 0 Å². The molecule has 2 heterocycles. The van der Waals surface area contributed by atoms with Crippen LogP contribution in [0.15, 0.2) is 101 Å². The fourth-order valence-corrected chi connectivity index (χ4v) is 6.98. The zero-order valence-electron chi connectivity index (χ0n) is 27.9. The molecule has 0 aliphatic carbocycles. The van der Waals surface area contributed by atoms with Crippen molar-refractivity contribution >= 4 is 5.91 Å². The molecule has 1 amide bonds. The Hall–Kier alpha value is -4.96. The van der Waals surface area contributed by atoms with Crippen molar-refractivity contribution in [2.75, 3.05) is 27.9 Å². The summed E-state index contributed by atoms with van der Waals surface area (Å²) in [5.74, 6) is -1.11. The van der Waals surface area contributed by atoms with Crippen molar-refractivity contribution in [3.63, 3.8) is 0 Å². The van der Waals surface area contributed by atoms with Crippen molar-refractivity contribution in [3.8, 4) is 11.5 Å². The third kappa shape index (κ3) is 6.77. The van der Waals surface area contributed by atoms with E-state index in [0.717, 1.165) is 10.6 Å². The maximum atomic E-state index is 14.0. The summed E-state index contributed by atoms with van der Waals surface area (Å²) in [4.78, 5) is 40.1. The number of halogens is 3. The van der Waals surface area contributed by atoms with E-state index in [1.165, 1.54) is 27.5 Å². The average molecular weight is 714 g/mol. The number of aromatic nitrogens is 2. The first-order chi connectivity index (χ1) is 24.3. The number of carbonyl (C=O) groups is 1. The van der Waals surface area contributed by atoms with Crippen LogP contribution in [0.5, 0.6) is 11.5 Å². The van der Waals surface area contributed by atoms with Crippen LogP contribution in [0.3, 0.4) is 0 Å². The SMILES string of the molecule is COc1ccc(C(c2ccccc2)(c2ccc(OC)cc2)[C@@]2(n3ccc(=O)[nH]c3=O)O[C@H](C(O)CCCNC(=O)C(F)(F)F)[C@@H](O)[C@H]2OC)cc1. The minimum Gasteiger partial charge on any atom is -0.497 e. The Labute approximate surface area is 290 Å². The molecule has 1 unspecified atom stereocenters. The first-order valence-corrected chi connectivity index (χ1v) is 15.9. The van der Waals surface area contributed by atoms with Crippen LogP contribution >= 0.6 is 0 Å². The Morgan fingerprint density at radius 1 is 0.922 bits per heavy atom. The lowest BCUT2D eigenvalue weighted by molar-refractivity contribution is -0.195. The predicted octanol–water partition coefficient (Wildman–Crippen LogP) is 2.84. The largest absolute Gasteiger partial charge is 0.497 e. The fourth-order valence-electron chi connectivity index (χ4n) is 6.98. The average Bonchev–Trinajstić information content (AvgIpc) is 3.43. The van der Waals surface area contributed by atoms with Gasteiger partial charge in [-0.25, -0.2) is 4.79 Å². The number of H-pyrrole nitrogens is 1. The van der Waals surface area contributed by atoms with Crippen LogP contribution in [0.1, 0.15) is 29.5 Å². The van der Waals surface area contributed by atoms with E-state index in [1.54, 1.807) is 84.2 Å². The summed E-state index contributed by atoms with van der Waals surface area (Å²) in [6.07, 6.45) is -10.4. The number of benzene rings is 3. The molecule has 3 aromatic carbocycles. The summed E-state index contributed by atoms with van der Waals surface area (Å²) in [6, 6.07) is 23.9. The molecule has 1 aliphatic rings. The number of carbonyl (C=O) groups excluding carboxylic acids is 1. The molecule has 272 valence electrons. The second-order valence-electron chi connectivity index (χ2n) is 11.9. The fraction of sp³-hybridized carbons (Fsp3) is 0.361. The summed E-state index contributed by atoms with van der Waals surface area (Å²) in [6.45, 7) is -0.428. The van der Waals surface area contributed by atoms with Gasteiger partial charge in [0.15, 0.2) is 5.72 Å². The molecule has 0 spiro atoms. The molecule has 4 N–H and O–H groups in total. The monoisotopic (exact) mass is 713 g/mol. The molecule has 0 radical (unpaired) electrons. The number of amides is 1. The molecule has 51 heavy (non-hydrogen) atoms. The lowest BCUT2D eigenvalue weighted by Crippen LogP contribution is -2.64. The number of rotatable bonds is 13. The Kier molecular flexibility index (Phi) is 11.0. The lowest BCUT2D eigenvalue weighted by atomic mass is 9.60. The number of hydrogen-bond acceptors (Lipinski definition) is 9. The number of nitrogens with zero attached hydrogens (tertiary/aromatic N) is 1. The van der Waals surface area contributed by atoms with Gasteiger partial charge in [0.1, 0.15) is 29.8 Å². The van der Waals surface area contributed by atoms with E-state index < -0.39 is 65.4 Å². The molecule has 4 aromatic rings. The van der Waals surface area contributed by atoms with E-state index in [9.17, 15) is 37.8 Å². The Morgan fingerprint density at radius 3 is 1.96 bits per heavy atom. The summed E-state index contributed by atoms with van der Waals surface area (Å²) in [5, 5.41) is 25.3. The smallest absolute Gasteiger partial charge is 0.471 e. The van der Waals surface area contributed by atoms with Gasteiger partial charge in [-0.15, -0.1) is 0 Å². The zero-order chi connectivity index (χ0) is 37.0. The number of nitrogens with one attached hydrogen (secondary N) is 2. The molecule has 5 rings (SSSR count). The molecule has 1 saturated heterocycles. The van der Waals surface area contributed by atoms with Crippen LogP contribution in [-0.4, -0.2) is 84.1 Å². The van der Waals surface area contributed by atoms with E-state index >= 15 is 0 Å². The number of hydrogen-bond donors (Lipinski definition) is 4. The molecule has 15 heteroatoms. The van der Waals surface area contributed by atoms with Crippen molar-refractivity contribution in [1.82, 2.24) is 14.9 Å². The summed E-state index contributed by atoms with van der Waals surface area (Å²) >= 11 is 0. The van der Waals surface area contributed by atoms with Crippen LogP contribution in [0, 0.1) is 0 Å². The molecule has 1 aromatic heterocycles. The van der Waals surface area contributed by atoms with E-state index in [-0.39, 0.29) is 12.8 Å². The van der Waals surface area contributed by atoms with Gasteiger partial charge in [0, 0.05) is 25.9 Å². The van der Waals surface area contributed by atoms with Crippen LogP contribution in [0.4, 0.5) is 13.2 Å². The molecular formula is C36H38F3N3O9. The highest BCUT2D eigenvalue weighted by Crippen LogP contribution is 2.58. The van der Waals surface area contributed by atoms with Gasteiger partial charge in [-0.3, -0.25) is 19.1 Å². The van der Waals surface area contributed by atoms with E-state index in [1.807, 2.05) is 0 Å². The minimum atomic E-state index is -5.08. The highest BCUT2D eigenvalue weighted by molar-refractivity contribution is 5.81. The highest BCUT2D eigenvalue weighted by Gasteiger charge is 2.70. The second kappa shape index (κ2) is 15.1. The van der Waals surface area contributed by atoms with Crippen molar-refractivity contribution in [2.24, 2.45) is 0 Å². The van der Waals surface area contributed by atoms with Gasteiger partial charge in [0.2, 0.25) is 0 Å². The van der Waals surface area contributed by atoms with E-state index in [2.05, 4.69) is 4.98 Å². The van der Waals surface area contributed by atoms with Crippen molar-refractivity contribution in [3.05, 3.63) is 129 Å². The van der Waals surface area contributed by atoms with Crippen molar-refractivity contribution in [2.45, 2.75) is 54.6 Å². The van der Waals surface area contributed by atoms with Crippen LogP contribution < -0.4 is 26.0 Å². The third-order valence-corrected chi connectivity index (χ3v) is 9.17. The number of alkyl halides is 3. The molecule has 1 aliphatic heterocycles. The summed E-state index contributed by atoms with van der Waals surface area (Å²) < 4.78 is 63.2. The van der Waals surface area contributed by atoms with Gasteiger partial charge in [0.25, 0.3) is 5.56 Å². The Bertz CT molecular complexity index is 1850. The first kappa shape index (κ1) is 37.3. The molecule has 0 saturated carbocycles. The number of aliphatic hydroxyl groups is 2. The van der Waals surface area contributed by atoms with Gasteiger partial charge >= 0.3 is 17.8 Å². The molecule has 5 atom stereocenters. The molecule has 0 bridgehead atoms. The number of methoxy groups -OCH3 is 3. The van der Waals surface area contributed by atoms with E-state index in [4.69, 9.17) is 18.9 Å². The maximum Gasteiger partial charge on any atom is 0.471 e. The molecule has 12 nitrogen and oxygen atoms in total. The second-order valence-corrected chi connectivity index (χ2v) is 11.9. The third-order valence-electron chi connectivity index (χ3n) is 9.17. The lowest BCUT2D eigenvalue weighted by Gasteiger charge is -2.52. The van der Waals surface area contributed by atoms with Gasteiger partial charge < -0.3 is 34.5 Å². The van der Waals surface area contributed by atoms with Gasteiger partial charge in [-0.2, -0.15) is 13.2 Å². The Balaban J connectivity index is 1.80. The quantitative estimate of drug-likeness (QED) is 0.121. The van der Waals surface area contributed by atoms with Gasteiger partial charge in [-0.1, -0.05) is 54.6 Å². The number of ether oxygens (including phenoxy) is 4. The Morgan fingerprint density at radius 2 is 1.47 bits per heavy atom. The normalized spacial score (nSPS) is 21.2. The highest BCUT2D eigenvalue weighted by atomic mass is 19.4.